The van der Waals surface area contributed by atoms with Crippen molar-refractivity contribution in [2.24, 2.45) is 0 Å². The third-order valence-corrected chi connectivity index (χ3v) is 2.02. The molecule has 0 amide bonds. The van der Waals surface area contributed by atoms with E-state index in [1.165, 1.54) is 0 Å². The summed E-state index contributed by atoms with van der Waals surface area (Å²) in [6.07, 6.45) is -4.97. The molecule has 0 fully saturated rings. The molecule has 0 aromatic heterocycles. The molecule has 2 nitrogen and oxygen atoms in total. The van der Waals surface area contributed by atoms with Crippen LogP contribution in [-0.4, -0.2) is 12.7 Å². The fourth-order valence-corrected chi connectivity index (χ4v) is 1.10. The third-order valence-electron chi connectivity index (χ3n) is 2.02. The molecule has 84 valence electrons. The van der Waals surface area contributed by atoms with Gasteiger partial charge in [-0.15, -0.1) is 0 Å². The minimum Gasteiger partial charge on any atom is -0.398 e. The van der Waals surface area contributed by atoms with E-state index in [4.69, 9.17) is 5.73 Å². The van der Waals surface area contributed by atoms with Gasteiger partial charge in [-0.1, -0.05) is 6.07 Å². The van der Waals surface area contributed by atoms with Crippen LogP contribution in [0.4, 0.5) is 24.5 Å². The summed E-state index contributed by atoms with van der Waals surface area (Å²) in [5.41, 5.74) is 7.72. The van der Waals surface area contributed by atoms with Gasteiger partial charge < -0.3 is 11.1 Å². The molecule has 1 aromatic carbocycles. The van der Waals surface area contributed by atoms with Crippen LogP contribution >= 0.6 is 0 Å². The second-order valence-electron chi connectivity index (χ2n) is 3.36. The monoisotopic (exact) mass is 218 g/mol. The molecule has 0 aliphatic carbocycles. The number of alkyl halides is 3. The van der Waals surface area contributed by atoms with Crippen molar-refractivity contribution in [1.29, 1.82) is 0 Å². The zero-order valence-corrected chi connectivity index (χ0v) is 8.36. The average Bonchev–Trinajstić information content (AvgIpc) is 2.09. The van der Waals surface area contributed by atoms with Crippen LogP contribution < -0.4 is 11.1 Å². The van der Waals surface area contributed by atoms with Crippen molar-refractivity contribution in [2.45, 2.75) is 19.5 Å². The molecule has 0 unspecified atom stereocenters. The Morgan fingerprint density at radius 3 is 2.53 bits per heavy atom. The minimum absolute atomic E-state index is 0.133. The minimum atomic E-state index is -4.12. The maximum atomic E-state index is 11.8. The number of nitrogen functional groups attached to an aromatic ring is 1. The summed E-state index contributed by atoms with van der Waals surface area (Å²) in [5.74, 6) is 0. The smallest absolute Gasteiger partial charge is 0.390 e. The Kier molecular flexibility index (Phi) is 3.44. The Bertz CT molecular complexity index is 334. The number of hydrogen-bond acceptors (Lipinski definition) is 2. The van der Waals surface area contributed by atoms with E-state index in [-0.39, 0.29) is 6.54 Å². The molecular weight excluding hydrogens is 205 g/mol. The molecule has 0 atom stereocenters. The molecule has 0 spiro atoms. The molecule has 0 aliphatic rings. The zero-order valence-electron chi connectivity index (χ0n) is 8.36. The van der Waals surface area contributed by atoms with Gasteiger partial charge in [0.05, 0.1) is 6.42 Å². The van der Waals surface area contributed by atoms with Gasteiger partial charge in [-0.3, -0.25) is 0 Å². The van der Waals surface area contributed by atoms with Crippen LogP contribution in [0.3, 0.4) is 0 Å². The largest absolute Gasteiger partial charge is 0.398 e. The number of anilines is 2. The van der Waals surface area contributed by atoms with Gasteiger partial charge in [0.25, 0.3) is 0 Å². The van der Waals surface area contributed by atoms with Crippen molar-refractivity contribution in [1.82, 2.24) is 0 Å². The summed E-state index contributed by atoms with van der Waals surface area (Å²) in [4.78, 5) is 0. The molecule has 0 heterocycles. The molecule has 3 N–H and O–H groups in total. The lowest BCUT2D eigenvalue weighted by Crippen LogP contribution is -2.14. The number of aryl methyl sites for hydroxylation is 1. The Balaban J connectivity index is 2.48. The van der Waals surface area contributed by atoms with Crippen LogP contribution in [0, 0.1) is 6.92 Å². The molecule has 0 saturated heterocycles. The number of nitrogens with one attached hydrogen (secondary N) is 1. The molecule has 1 aromatic rings. The van der Waals surface area contributed by atoms with Crippen LogP contribution in [-0.2, 0) is 0 Å². The summed E-state index contributed by atoms with van der Waals surface area (Å²) in [7, 11) is 0. The van der Waals surface area contributed by atoms with Gasteiger partial charge in [0.1, 0.15) is 0 Å². The van der Waals surface area contributed by atoms with Crippen molar-refractivity contribution in [2.75, 3.05) is 17.6 Å². The van der Waals surface area contributed by atoms with E-state index in [1.807, 2.05) is 6.92 Å². The maximum absolute atomic E-state index is 11.8. The molecule has 1 rings (SSSR count). The fraction of sp³-hybridized carbons (Fsp3) is 0.400. The average molecular weight is 218 g/mol. The lowest BCUT2D eigenvalue weighted by atomic mass is 10.2. The predicted molar refractivity (Wildman–Crippen MR) is 54.8 cm³/mol. The lowest BCUT2D eigenvalue weighted by Gasteiger charge is -2.10. The van der Waals surface area contributed by atoms with Crippen LogP contribution in [0.2, 0.25) is 0 Å². The normalized spacial score (nSPS) is 11.5. The number of halogens is 3. The van der Waals surface area contributed by atoms with E-state index < -0.39 is 12.6 Å². The van der Waals surface area contributed by atoms with Crippen molar-refractivity contribution in [3.63, 3.8) is 0 Å². The maximum Gasteiger partial charge on any atom is 0.390 e. The highest BCUT2D eigenvalue weighted by Gasteiger charge is 2.25. The SMILES string of the molecule is Cc1ccc(NCCC(F)(F)F)cc1N. The Morgan fingerprint density at radius 2 is 2.00 bits per heavy atom. The first-order valence-electron chi connectivity index (χ1n) is 4.55. The predicted octanol–water partition coefficient (Wildman–Crippen LogP) is 2.94. The van der Waals surface area contributed by atoms with Gasteiger partial charge in [-0.2, -0.15) is 13.2 Å². The Labute approximate surface area is 86.3 Å². The summed E-state index contributed by atoms with van der Waals surface area (Å²) in [5, 5.41) is 2.67. The van der Waals surface area contributed by atoms with E-state index in [1.54, 1.807) is 18.2 Å². The van der Waals surface area contributed by atoms with E-state index >= 15 is 0 Å². The first kappa shape index (κ1) is 11.7. The molecule has 0 saturated carbocycles. The fourth-order valence-electron chi connectivity index (χ4n) is 1.10. The Hall–Kier alpha value is -1.39. The van der Waals surface area contributed by atoms with Crippen molar-refractivity contribution >= 4 is 11.4 Å². The molecule has 0 radical (unpaired) electrons. The van der Waals surface area contributed by atoms with Crippen molar-refractivity contribution in [3.05, 3.63) is 23.8 Å². The first-order valence-corrected chi connectivity index (χ1v) is 4.55. The summed E-state index contributed by atoms with van der Waals surface area (Å²) in [6.45, 7) is 1.71. The van der Waals surface area contributed by atoms with Gasteiger partial charge in [0, 0.05) is 17.9 Å². The quantitative estimate of drug-likeness (QED) is 0.765. The lowest BCUT2D eigenvalue weighted by molar-refractivity contribution is -0.131. The van der Waals surface area contributed by atoms with Gasteiger partial charge in [0.15, 0.2) is 0 Å². The first-order chi connectivity index (χ1) is 6.88. The van der Waals surface area contributed by atoms with Crippen molar-refractivity contribution in [3.8, 4) is 0 Å². The second-order valence-corrected chi connectivity index (χ2v) is 3.36. The van der Waals surface area contributed by atoms with Crippen LogP contribution in [0.1, 0.15) is 12.0 Å². The summed E-state index contributed by atoms with van der Waals surface area (Å²) in [6, 6.07) is 5.11. The number of benzene rings is 1. The molecule has 5 heteroatoms. The summed E-state index contributed by atoms with van der Waals surface area (Å²) >= 11 is 0. The van der Waals surface area contributed by atoms with Gasteiger partial charge in [-0.05, 0) is 24.6 Å². The van der Waals surface area contributed by atoms with Crippen LogP contribution in [0.5, 0.6) is 0 Å². The van der Waals surface area contributed by atoms with Gasteiger partial charge >= 0.3 is 6.18 Å². The zero-order chi connectivity index (χ0) is 11.5. The van der Waals surface area contributed by atoms with E-state index in [0.717, 1.165) is 5.56 Å². The van der Waals surface area contributed by atoms with Crippen molar-refractivity contribution < 1.29 is 13.2 Å². The highest BCUT2D eigenvalue weighted by atomic mass is 19.4. The van der Waals surface area contributed by atoms with E-state index in [9.17, 15) is 13.2 Å². The Morgan fingerprint density at radius 1 is 1.33 bits per heavy atom. The van der Waals surface area contributed by atoms with E-state index in [0.29, 0.717) is 11.4 Å². The van der Waals surface area contributed by atoms with Crippen LogP contribution in [0.15, 0.2) is 18.2 Å². The number of hydrogen-bond donors (Lipinski definition) is 2. The second kappa shape index (κ2) is 4.42. The molecule has 0 bridgehead atoms. The van der Waals surface area contributed by atoms with Crippen LogP contribution in [0.25, 0.3) is 0 Å². The topological polar surface area (TPSA) is 38.0 Å². The molecule has 0 aliphatic heterocycles. The molecular formula is C10H13F3N2. The standard InChI is InChI=1S/C10H13F3N2/c1-7-2-3-8(6-9(7)14)15-5-4-10(11,12)13/h2-3,6,15H,4-5,14H2,1H3. The summed E-state index contributed by atoms with van der Waals surface area (Å²) < 4.78 is 35.5. The number of rotatable bonds is 3. The highest BCUT2D eigenvalue weighted by molar-refractivity contribution is 5.58. The molecule has 15 heavy (non-hydrogen) atoms. The van der Waals surface area contributed by atoms with E-state index in [2.05, 4.69) is 5.32 Å². The highest BCUT2D eigenvalue weighted by Crippen LogP contribution is 2.21. The van der Waals surface area contributed by atoms with Gasteiger partial charge in [0.2, 0.25) is 0 Å². The third kappa shape index (κ3) is 4.10. The number of nitrogens with two attached hydrogens (primary N) is 1. The van der Waals surface area contributed by atoms with Gasteiger partial charge in [-0.25, -0.2) is 0 Å².